The van der Waals surface area contributed by atoms with Gasteiger partial charge in [0.15, 0.2) is 5.78 Å². The highest BCUT2D eigenvalue weighted by atomic mass is 16.5. The molecule has 0 aliphatic heterocycles. The van der Waals surface area contributed by atoms with Crippen molar-refractivity contribution in [1.29, 1.82) is 0 Å². The van der Waals surface area contributed by atoms with Gasteiger partial charge in [-0.15, -0.1) is 0 Å². The summed E-state index contributed by atoms with van der Waals surface area (Å²) in [5.41, 5.74) is 6.88. The van der Waals surface area contributed by atoms with E-state index in [0.717, 1.165) is 0 Å². The molecule has 0 bridgehead atoms. The normalized spacial score (nSPS) is 10.8. The third-order valence-electron chi connectivity index (χ3n) is 3.13. The number of rotatable bonds is 6. The fraction of sp³-hybridized carbons (Fsp3) is 0.111. The van der Waals surface area contributed by atoms with Crippen LogP contribution in [0.2, 0.25) is 0 Å². The van der Waals surface area contributed by atoms with Crippen molar-refractivity contribution in [2.45, 2.75) is 6.92 Å². The number of amides is 1. The van der Waals surface area contributed by atoms with E-state index in [2.05, 4.69) is 10.9 Å². The molecule has 0 atom stereocenters. The molecule has 0 heterocycles. The van der Waals surface area contributed by atoms with Crippen LogP contribution in [0.4, 0.5) is 0 Å². The Morgan fingerprint density at radius 3 is 2.17 bits per heavy atom. The number of ether oxygens (including phenoxy) is 1. The van der Waals surface area contributed by atoms with Crippen LogP contribution in [0.25, 0.3) is 0 Å². The van der Waals surface area contributed by atoms with Crippen LogP contribution in [0.1, 0.15) is 27.6 Å². The van der Waals surface area contributed by atoms with E-state index < -0.39 is 0 Å². The first-order valence-electron chi connectivity index (χ1n) is 7.08. The maximum Gasteiger partial charge on any atom is 0.269 e. The Hall–Kier alpha value is -3.08. The van der Waals surface area contributed by atoms with E-state index >= 15 is 0 Å². The van der Waals surface area contributed by atoms with Crippen molar-refractivity contribution < 1.29 is 14.3 Å². The van der Waals surface area contributed by atoms with Gasteiger partial charge < -0.3 is 10.2 Å². The van der Waals surface area contributed by atoms with Crippen LogP contribution < -0.4 is 15.6 Å². The van der Waals surface area contributed by atoms with E-state index in [1.807, 2.05) is 6.07 Å². The summed E-state index contributed by atoms with van der Waals surface area (Å²) < 4.78 is 5.05. The minimum Gasteiger partial charge on any atom is -0.497 e. The van der Waals surface area contributed by atoms with Crippen molar-refractivity contribution in [3.8, 4) is 5.75 Å². The Balaban J connectivity index is 1.93. The first-order valence-corrected chi connectivity index (χ1v) is 7.08. The van der Waals surface area contributed by atoms with Crippen molar-refractivity contribution in [3.63, 3.8) is 0 Å². The van der Waals surface area contributed by atoms with E-state index in [4.69, 9.17) is 4.74 Å². The third kappa shape index (κ3) is 4.71. The fourth-order valence-corrected chi connectivity index (χ4v) is 1.89. The van der Waals surface area contributed by atoms with Gasteiger partial charge in [0.2, 0.25) is 0 Å². The van der Waals surface area contributed by atoms with E-state index in [1.54, 1.807) is 62.6 Å². The summed E-state index contributed by atoms with van der Waals surface area (Å²) in [6.45, 7) is 1.70. The van der Waals surface area contributed by atoms with Gasteiger partial charge in [-0.3, -0.25) is 15.0 Å². The van der Waals surface area contributed by atoms with E-state index in [9.17, 15) is 9.59 Å². The second-order valence-corrected chi connectivity index (χ2v) is 4.87. The molecule has 0 radical (unpaired) electrons. The zero-order valence-corrected chi connectivity index (χ0v) is 13.0. The predicted octanol–water partition coefficient (Wildman–Crippen LogP) is 2.72. The maximum atomic E-state index is 12.1. The molecule has 0 fully saturated rings. The third-order valence-corrected chi connectivity index (χ3v) is 3.13. The van der Waals surface area contributed by atoms with Gasteiger partial charge in [-0.1, -0.05) is 18.2 Å². The van der Waals surface area contributed by atoms with Gasteiger partial charge in [0, 0.05) is 22.9 Å². The minimum absolute atomic E-state index is 0.161. The molecule has 0 aliphatic rings. The lowest BCUT2D eigenvalue weighted by atomic mass is 10.1. The lowest BCUT2D eigenvalue weighted by molar-refractivity contribution is 0.0936. The number of hydrazine groups is 1. The number of ketones is 1. The van der Waals surface area contributed by atoms with Gasteiger partial charge >= 0.3 is 0 Å². The van der Waals surface area contributed by atoms with Gasteiger partial charge in [0.05, 0.1) is 7.11 Å². The first-order chi connectivity index (χ1) is 11.1. The van der Waals surface area contributed by atoms with Crippen molar-refractivity contribution in [1.82, 2.24) is 10.9 Å². The largest absolute Gasteiger partial charge is 0.497 e. The number of hydrogen-bond donors (Lipinski definition) is 2. The SMILES string of the molecule is COc1ccc(C(=O)C=C(C)NNC(=O)c2ccccc2)cc1. The molecule has 0 saturated carbocycles. The average Bonchev–Trinajstić information content (AvgIpc) is 2.60. The molecule has 0 aromatic heterocycles. The van der Waals surface area contributed by atoms with Crippen molar-refractivity contribution >= 4 is 11.7 Å². The molecule has 23 heavy (non-hydrogen) atoms. The van der Waals surface area contributed by atoms with E-state index in [-0.39, 0.29) is 11.7 Å². The average molecular weight is 310 g/mol. The molecule has 0 spiro atoms. The number of benzene rings is 2. The lowest BCUT2D eigenvalue weighted by Gasteiger charge is -2.08. The van der Waals surface area contributed by atoms with Crippen LogP contribution in [-0.4, -0.2) is 18.8 Å². The summed E-state index contributed by atoms with van der Waals surface area (Å²) >= 11 is 0. The Morgan fingerprint density at radius 2 is 1.57 bits per heavy atom. The molecule has 5 nitrogen and oxygen atoms in total. The van der Waals surface area contributed by atoms with Crippen LogP contribution in [0.15, 0.2) is 66.4 Å². The summed E-state index contributed by atoms with van der Waals surface area (Å²) in [5.74, 6) is 0.261. The lowest BCUT2D eigenvalue weighted by Crippen LogP contribution is -2.36. The highest BCUT2D eigenvalue weighted by Gasteiger charge is 2.06. The molecule has 0 unspecified atom stereocenters. The van der Waals surface area contributed by atoms with Crippen LogP contribution in [0.3, 0.4) is 0 Å². The van der Waals surface area contributed by atoms with Crippen LogP contribution in [-0.2, 0) is 0 Å². The zero-order chi connectivity index (χ0) is 16.7. The summed E-state index contributed by atoms with van der Waals surface area (Å²) in [5, 5.41) is 0. The Kier molecular flexibility index (Phi) is 5.52. The Bertz CT molecular complexity index is 707. The second kappa shape index (κ2) is 7.79. The van der Waals surface area contributed by atoms with Gasteiger partial charge in [-0.25, -0.2) is 0 Å². The fourth-order valence-electron chi connectivity index (χ4n) is 1.89. The molecule has 2 aromatic rings. The van der Waals surface area contributed by atoms with E-state index in [1.165, 1.54) is 6.08 Å². The van der Waals surface area contributed by atoms with Gasteiger partial charge in [0.1, 0.15) is 5.75 Å². The molecule has 2 N–H and O–H groups in total. The number of methoxy groups -OCH3 is 1. The molecular weight excluding hydrogens is 292 g/mol. The van der Waals surface area contributed by atoms with Gasteiger partial charge in [-0.05, 0) is 43.3 Å². The smallest absolute Gasteiger partial charge is 0.269 e. The van der Waals surface area contributed by atoms with Crippen molar-refractivity contribution in [2.75, 3.05) is 7.11 Å². The molecule has 0 aliphatic carbocycles. The second-order valence-electron chi connectivity index (χ2n) is 4.87. The number of nitrogens with one attached hydrogen (secondary N) is 2. The van der Waals surface area contributed by atoms with Crippen LogP contribution >= 0.6 is 0 Å². The molecule has 118 valence electrons. The first kappa shape index (κ1) is 16.3. The summed E-state index contributed by atoms with van der Waals surface area (Å²) in [6, 6.07) is 15.6. The topological polar surface area (TPSA) is 67.4 Å². The number of carbonyl (C=O) groups is 2. The summed E-state index contributed by atoms with van der Waals surface area (Å²) in [4.78, 5) is 24.0. The Labute approximate surface area is 134 Å². The molecule has 2 aromatic carbocycles. The number of carbonyl (C=O) groups excluding carboxylic acids is 2. The number of allylic oxidation sites excluding steroid dienone is 2. The Morgan fingerprint density at radius 1 is 0.913 bits per heavy atom. The predicted molar refractivity (Wildman–Crippen MR) is 88.1 cm³/mol. The van der Waals surface area contributed by atoms with Crippen molar-refractivity contribution in [2.24, 2.45) is 0 Å². The quantitative estimate of drug-likeness (QED) is 0.489. The van der Waals surface area contributed by atoms with Gasteiger partial charge in [0.25, 0.3) is 5.91 Å². The molecule has 5 heteroatoms. The summed E-state index contributed by atoms with van der Waals surface area (Å²) in [7, 11) is 1.57. The zero-order valence-electron chi connectivity index (χ0n) is 13.0. The minimum atomic E-state index is -0.268. The van der Waals surface area contributed by atoms with Crippen LogP contribution in [0, 0.1) is 0 Å². The van der Waals surface area contributed by atoms with Gasteiger partial charge in [-0.2, -0.15) is 0 Å². The highest BCUT2D eigenvalue weighted by molar-refractivity contribution is 6.05. The monoisotopic (exact) mass is 310 g/mol. The van der Waals surface area contributed by atoms with Crippen molar-refractivity contribution in [3.05, 3.63) is 77.5 Å². The van der Waals surface area contributed by atoms with Crippen LogP contribution in [0.5, 0.6) is 5.75 Å². The van der Waals surface area contributed by atoms with E-state index in [0.29, 0.717) is 22.6 Å². The standard InChI is InChI=1S/C18H18N2O3/c1-13(19-20-18(22)15-6-4-3-5-7-15)12-17(21)14-8-10-16(23-2)11-9-14/h3-12,19H,1-2H3,(H,20,22). The molecular formula is C18H18N2O3. The highest BCUT2D eigenvalue weighted by Crippen LogP contribution is 2.12. The summed E-state index contributed by atoms with van der Waals surface area (Å²) in [6.07, 6.45) is 1.42. The molecule has 2 rings (SSSR count). The number of hydrogen-bond acceptors (Lipinski definition) is 4. The molecule has 0 saturated heterocycles. The maximum absolute atomic E-state index is 12.1. The molecule has 1 amide bonds.